The second-order valence-electron chi connectivity index (χ2n) is 1.84. The molecule has 0 spiro atoms. The molecule has 0 saturated carbocycles. The number of pyridine rings is 1. The highest BCUT2D eigenvalue weighted by atomic mass is 35.5. The Bertz CT molecular complexity index is 275. The number of halogens is 1. The molecule has 1 rings (SSSR count). The highest BCUT2D eigenvalue weighted by Crippen LogP contribution is 2.07. The fourth-order valence-corrected chi connectivity index (χ4v) is 0.743. The van der Waals surface area contributed by atoms with E-state index in [0.717, 1.165) is 0 Å². The number of ether oxygens (including phenoxy) is 1. The van der Waals surface area contributed by atoms with Crippen molar-refractivity contribution in [3.63, 3.8) is 0 Å². The van der Waals surface area contributed by atoms with E-state index >= 15 is 0 Å². The summed E-state index contributed by atoms with van der Waals surface area (Å²) < 4.78 is 4.78. The molecule has 1 heterocycles. The molecule has 0 atom stereocenters. The zero-order valence-electron chi connectivity index (χ0n) is 5.87. The van der Waals surface area contributed by atoms with Crippen LogP contribution in [0.2, 0.25) is 0 Å². The average Bonchev–Trinajstić information content (AvgIpc) is 2.05. The molecular formula is C7H6ClNO2. The Hall–Kier alpha value is -1.09. The Morgan fingerprint density at radius 1 is 1.64 bits per heavy atom. The van der Waals surface area contributed by atoms with Gasteiger partial charge in [-0.1, -0.05) is 6.07 Å². The van der Waals surface area contributed by atoms with Crippen molar-refractivity contribution in [3.05, 3.63) is 23.9 Å². The quantitative estimate of drug-likeness (QED) is 0.633. The van der Waals surface area contributed by atoms with Crippen molar-refractivity contribution < 1.29 is 9.53 Å². The van der Waals surface area contributed by atoms with E-state index in [1.165, 1.54) is 13.2 Å². The maximum absolute atomic E-state index is 10.6. The van der Waals surface area contributed by atoms with Gasteiger partial charge in [0, 0.05) is 6.07 Å². The molecule has 0 bridgehead atoms. The van der Waals surface area contributed by atoms with Gasteiger partial charge in [0.2, 0.25) is 5.88 Å². The Labute approximate surface area is 69.0 Å². The monoisotopic (exact) mass is 171 g/mol. The first-order valence-corrected chi connectivity index (χ1v) is 3.32. The molecule has 0 aliphatic heterocycles. The topological polar surface area (TPSA) is 39.2 Å². The van der Waals surface area contributed by atoms with Crippen molar-refractivity contribution in [3.8, 4) is 5.88 Å². The minimum atomic E-state index is -0.580. The van der Waals surface area contributed by atoms with Crippen LogP contribution in [-0.2, 0) is 0 Å². The van der Waals surface area contributed by atoms with Gasteiger partial charge in [0.05, 0.1) is 7.11 Å². The van der Waals surface area contributed by atoms with Crippen molar-refractivity contribution in [1.29, 1.82) is 0 Å². The molecule has 0 saturated heterocycles. The number of nitrogens with zero attached hydrogens (tertiary/aromatic N) is 1. The average molecular weight is 172 g/mol. The summed E-state index contributed by atoms with van der Waals surface area (Å²) in [5, 5.41) is -0.580. The molecular weight excluding hydrogens is 166 g/mol. The van der Waals surface area contributed by atoms with E-state index in [4.69, 9.17) is 16.3 Å². The molecule has 11 heavy (non-hydrogen) atoms. The lowest BCUT2D eigenvalue weighted by atomic mass is 10.4. The van der Waals surface area contributed by atoms with E-state index in [-0.39, 0.29) is 5.69 Å². The summed E-state index contributed by atoms with van der Waals surface area (Å²) in [4.78, 5) is 14.3. The lowest BCUT2D eigenvalue weighted by Gasteiger charge is -1.97. The first-order valence-electron chi connectivity index (χ1n) is 2.95. The molecule has 0 N–H and O–H groups in total. The fraction of sp³-hybridized carbons (Fsp3) is 0.143. The van der Waals surface area contributed by atoms with E-state index < -0.39 is 5.24 Å². The Kier molecular flexibility index (Phi) is 2.44. The number of rotatable bonds is 2. The maximum Gasteiger partial charge on any atom is 0.270 e. The SMILES string of the molecule is COc1cccc(C(=O)Cl)n1. The van der Waals surface area contributed by atoms with Crippen LogP contribution in [0.15, 0.2) is 18.2 Å². The van der Waals surface area contributed by atoms with Gasteiger partial charge < -0.3 is 4.74 Å². The third-order valence-electron chi connectivity index (χ3n) is 1.13. The van der Waals surface area contributed by atoms with Gasteiger partial charge in [-0.3, -0.25) is 4.79 Å². The maximum atomic E-state index is 10.6. The van der Waals surface area contributed by atoms with Crippen LogP contribution in [0.25, 0.3) is 0 Å². The molecule has 3 nitrogen and oxygen atoms in total. The summed E-state index contributed by atoms with van der Waals surface area (Å²) in [6.07, 6.45) is 0. The minimum Gasteiger partial charge on any atom is -0.481 e. The second kappa shape index (κ2) is 3.34. The molecule has 0 radical (unpaired) electrons. The molecule has 0 fully saturated rings. The zero-order chi connectivity index (χ0) is 8.27. The van der Waals surface area contributed by atoms with Crippen LogP contribution in [0.4, 0.5) is 0 Å². The molecule has 0 aromatic carbocycles. The summed E-state index contributed by atoms with van der Waals surface area (Å²) >= 11 is 5.18. The standard InChI is InChI=1S/C7H6ClNO2/c1-11-6-4-2-3-5(9-6)7(8)10/h2-4H,1H3. The van der Waals surface area contributed by atoms with Crippen molar-refractivity contribution in [1.82, 2.24) is 4.98 Å². The van der Waals surface area contributed by atoms with Gasteiger partial charge in [-0.05, 0) is 17.7 Å². The highest BCUT2D eigenvalue weighted by molar-refractivity contribution is 6.67. The van der Waals surface area contributed by atoms with E-state index in [1.807, 2.05) is 0 Å². The molecule has 0 amide bonds. The number of methoxy groups -OCH3 is 1. The molecule has 4 heteroatoms. The zero-order valence-corrected chi connectivity index (χ0v) is 6.63. The van der Waals surface area contributed by atoms with Gasteiger partial charge in [0.15, 0.2) is 0 Å². The highest BCUT2D eigenvalue weighted by Gasteiger charge is 2.02. The minimum absolute atomic E-state index is 0.200. The van der Waals surface area contributed by atoms with Gasteiger partial charge in [0.25, 0.3) is 5.24 Å². The number of hydrogen-bond acceptors (Lipinski definition) is 3. The largest absolute Gasteiger partial charge is 0.481 e. The van der Waals surface area contributed by atoms with Crippen LogP contribution in [0.3, 0.4) is 0 Å². The predicted molar refractivity (Wildman–Crippen MR) is 41.0 cm³/mol. The van der Waals surface area contributed by atoms with E-state index in [2.05, 4.69) is 4.98 Å². The first kappa shape index (κ1) is 8.01. The summed E-state index contributed by atoms with van der Waals surface area (Å²) in [7, 11) is 1.48. The van der Waals surface area contributed by atoms with Crippen molar-refractivity contribution in [2.24, 2.45) is 0 Å². The summed E-state index contributed by atoms with van der Waals surface area (Å²) in [6.45, 7) is 0. The normalized spacial score (nSPS) is 9.27. The lowest BCUT2D eigenvalue weighted by molar-refractivity contribution is 0.107. The van der Waals surface area contributed by atoms with Gasteiger partial charge in [-0.25, -0.2) is 4.98 Å². The third kappa shape index (κ3) is 1.91. The molecule has 0 aliphatic carbocycles. The molecule has 0 unspecified atom stereocenters. The van der Waals surface area contributed by atoms with Gasteiger partial charge >= 0.3 is 0 Å². The summed E-state index contributed by atoms with van der Waals surface area (Å²) in [5.41, 5.74) is 0.200. The fourth-order valence-electron chi connectivity index (χ4n) is 0.638. The first-order chi connectivity index (χ1) is 5.24. The van der Waals surface area contributed by atoms with Crippen LogP contribution >= 0.6 is 11.6 Å². The van der Waals surface area contributed by atoms with Gasteiger partial charge in [-0.15, -0.1) is 0 Å². The van der Waals surface area contributed by atoms with E-state index in [1.54, 1.807) is 12.1 Å². The van der Waals surface area contributed by atoms with Gasteiger partial charge in [-0.2, -0.15) is 0 Å². The van der Waals surface area contributed by atoms with Crippen LogP contribution < -0.4 is 4.74 Å². The van der Waals surface area contributed by atoms with Crippen LogP contribution in [0.1, 0.15) is 10.5 Å². The van der Waals surface area contributed by atoms with Gasteiger partial charge in [0.1, 0.15) is 5.69 Å². The number of hydrogen-bond donors (Lipinski definition) is 0. The summed E-state index contributed by atoms with van der Waals surface area (Å²) in [5.74, 6) is 0.386. The third-order valence-corrected chi connectivity index (χ3v) is 1.33. The van der Waals surface area contributed by atoms with Crippen LogP contribution in [0.5, 0.6) is 5.88 Å². The number of aromatic nitrogens is 1. The Morgan fingerprint density at radius 2 is 2.36 bits per heavy atom. The lowest BCUT2D eigenvalue weighted by Crippen LogP contribution is -1.95. The Morgan fingerprint density at radius 3 is 2.91 bits per heavy atom. The van der Waals surface area contributed by atoms with Crippen molar-refractivity contribution in [2.75, 3.05) is 7.11 Å². The second-order valence-corrected chi connectivity index (χ2v) is 2.18. The molecule has 58 valence electrons. The van der Waals surface area contributed by atoms with Crippen LogP contribution in [-0.4, -0.2) is 17.3 Å². The van der Waals surface area contributed by atoms with E-state index in [0.29, 0.717) is 5.88 Å². The molecule has 1 aromatic heterocycles. The molecule has 1 aromatic rings. The van der Waals surface area contributed by atoms with Crippen molar-refractivity contribution >= 4 is 16.8 Å². The number of carbonyl (C=O) groups excluding carboxylic acids is 1. The van der Waals surface area contributed by atoms with Crippen LogP contribution in [0, 0.1) is 0 Å². The Balaban J connectivity index is 3.01. The van der Waals surface area contributed by atoms with E-state index in [9.17, 15) is 4.79 Å². The van der Waals surface area contributed by atoms with Crippen molar-refractivity contribution in [2.45, 2.75) is 0 Å². The molecule has 0 aliphatic rings. The summed E-state index contributed by atoms with van der Waals surface area (Å²) in [6, 6.07) is 4.82. The number of carbonyl (C=O) groups is 1. The smallest absolute Gasteiger partial charge is 0.270 e. The predicted octanol–water partition coefficient (Wildman–Crippen LogP) is 1.47.